The smallest absolute Gasteiger partial charge is 0.225 e. The molecule has 0 saturated carbocycles. The maximum absolute atomic E-state index is 5.58. The molecular formula is C14H22N4O2. The number of nitrogens with zero attached hydrogens (tertiary/aromatic N) is 3. The van der Waals surface area contributed by atoms with Gasteiger partial charge in [-0.1, -0.05) is 0 Å². The molecule has 6 nitrogen and oxygen atoms in total. The maximum atomic E-state index is 5.58. The largest absolute Gasteiger partial charge is 0.378 e. The summed E-state index contributed by atoms with van der Waals surface area (Å²) in [7, 11) is 0. The molecule has 0 aromatic carbocycles. The van der Waals surface area contributed by atoms with E-state index >= 15 is 0 Å². The third kappa shape index (κ3) is 3.65. The minimum Gasteiger partial charge on any atom is -0.378 e. The van der Waals surface area contributed by atoms with Gasteiger partial charge in [0.2, 0.25) is 5.95 Å². The highest BCUT2D eigenvalue weighted by atomic mass is 16.5. The molecule has 1 aromatic heterocycles. The van der Waals surface area contributed by atoms with Gasteiger partial charge >= 0.3 is 0 Å². The van der Waals surface area contributed by atoms with Crippen molar-refractivity contribution in [2.75, 3.05) is 44.4 Å². The van der Waals surface area contributed by atoms with Gasteiger partial charge in [-0.2, -0.15) is 0 Å². The predicted octanol–water partition coefficient (Wildman–Crippen LogP) is 0.582. The zero-order valence-electron chi connectivity index (χ0n) is 11.8. The van der Waals surface area contributed by atoms with Crippen molar-refractivity contribution in [1.29, 1.82) is 0 Å². The van der Waals surface area contributed by atoms with Crippen molar-refractivity contribution in [1.82, 2.24) is 15.3 Å². The normalized spacial score (nSPS) is 23.2. The number of anilines is 1. The Morgan fingerprint density at radius 1 is 1.20 bits per heavy atom. The van der Waals surface area contributed by atoms with E-state index < -0.39 is 0 Å². The van der Waals surface area contributed by atoms with E-state index in [1.165, 1.54) is 12.8 Å². The average Bonchev–Trinajstić information content (AvgIpc) is 3.02. The minimum absolute atomic E-state index is 0.378. The zero-order chi connectivity index (χ0) is 13.6. The molecular weight excluding hydrogens is 256 g/mol. The lowest BCUT2D eigenvalue weighted by molar-refractivity contribution is 0.110. The summed E-state index contributed by atoms with van der Waals surface area (Å²) in [6.45, 7) is 5.87. The third-order valence-corrected chi connectivity index (χ3v) is 3.71. The van der Waals surface area contributed by atoms with Gasteiger partial charge in [0.1, 0.15) is 0 Å². The van der Waals surface area contributed by atoms with Crippen molar-refractivity contribution in [3.8, 4) is 0 Å². The van der Waals surface area contributed by atoms with E-state index in [9.17, 15) is 0 Å². The summed E-state index contributed by atoms with van der Waals surface area (Å²) in [6.07, 6.45) is 6.53. The number of hydrogen-bond donors (Lipinski definition) is 1. The first kappa shape index (κ1) is 13.7. The number of aromatic nitrogens is 2. The van der Waals surface area contributed by atoms with Crippen LogP contribution in [0.3, 0.4) is 0 Å². The van der Waals surface area contributed by atoms with Crippen molar-refractivity contribution in [2.24, 2.45) is 0 Å². The molecule has 2 fully saturated rings. The van der Waals surface area contributed by atoms with Crippen LogP contribution in [0.2, 0.25) is 0 Å². The first-order valence-electron chi connectivity index (χ1n) is 7.38. The van der Waals surface area contributed by atoms with E-state index in [1.807, 2.05) is 12.4 Å². The highest BCUT2D eigenvalue weighted by Crippen LogP contribution is 2.11. The Hall–Kier alpha value is -1.24. The summed E-state index contributed by atoms with van der Waals surface area (Å²) in [4.78, 5) is 11.0. The van der Waals surface area contributed by atoms with Gasteiger partial charge in [0.15, 0.2) is 0 Å². The first-order chi connectivity index (χ1) is 9.92. The van der Waals surface area contributed by atoms with Crippen LogP contribution in [-0.2, 0) is 16.0 Å². The second kappa shape index (κ2) is 6.97. The molecule has 20 heavy (non-hydrogen) atoms. The summed E-state index contributed by atoms with van der Waals surface area (Å²) in [5, 5.41) is 3.40. The van der Waals surface area contributed by atoms with Crippen molar-refractivity contribution in [3.63, 3.8) is 0 Å². The molecule has 6 heteroatoms. The molecule has 3 heterocycles. The van der Waals surface area contributed by atoms with E-state index in [-0.39, 0.29) is 0 Å². The Morgan fingerprint density at radius 2 is 2.00 bits per heavy atom. The van der Waals surface area contributed by atoms with Gasteiger partial charge in [0, 0.05) is 50.7 Å². The van der Waals surface area contributed by atoms with Crippen LogP contribution in [0, 0.1) is 0 Å². The fourth-order valence-corrected chi connectivity index (χ4v) is 2.55. The second-order valence-corrected chi connectivity index (χ2v) is 5.26. The lowest BCUT2D eigenvalue weighted by Crippen LogP contribution is -2.37. The number of hydrogen-bond acceptors (Lipinski definition) is 6. The highest BCUT2D eigenvalue weighted by Gasteiger charge is 2.15. The Morgan fingerprint density at radius 3 is 2.70 bits per heavy atom. The first-order valence-corrected chi connectivity index (χ1v) is 7.38. The molecule has 0 bridgehead atoms. The molecule has 1 unspecified atom stereocenters. The van der Waals surface area contributed by atoms with E-state index in [0.29, 0.717) is 6.10 Å². The van der Waals surface area contributed by atoms with Crippen LogP contribution in [-0.4, -0.2) is 55.5 Å². The molecule has 0 radical (unpaired) electrons. The highest BCUT2D eigenvalue weighted by molar-refractivity contribution is 5.30. The number of ether oxygens (including phenoxy) is 2. The Bertz CT molecular complexity index is 400. The van der Waals surface area contributed by atoms with Gasteiger partial charge in [-0.25, -0.2) is 9.97 Å². The van der Waals surface area contributed by atoms with Crippen LogP contribution in [0.15, 0.2) is 12.4 Å². The molecule has 1 atom stereocenters. The quantitative estimate of drug-likeness (QED) is 0.850. The summed E-state index contributed by atoms with van der Waals surface area (Å²) < 4.78 is 10.9. The molecule has 3 rings (SSSR count). The van der Waals surface area contributed by atoms with Crippen LogP contribution in [0.5, 0.6) is 0 Å². The van der Waals surface area contributed by atoms with Crippen LogP contribution < -0.4 is 10.2 Å². The van der Waals surface area contributed by atoms with Crippen LogP contribution in [0.1, 0.15) is 18.4 Å². The van der Waals surface area contributed by atoms with Gasteiger partial charge in [-0.15, -0.1) is 0 Å². The lowest BCUT2D eigenvalue weighted by Gasteiger charge is -2.26. The van der Waals surface area contributed by atoms with E-state index in [1.54, 1.807) is 0 Å². The Kier molecular flexibility index (Phi) is 4.78. The van der Waals surface area contributed by atoms with Crippen LogP contribution >= 0.6 is 0 Å². The molecule has 0 aliphatic carbocycles. The summed E-state index contributed by atoms with van der Waals surface area (Å²) in [5.74, 6) is 0.802. The minimum atomic E-state index is 0.378. The van der Waals surface area contributed by atoms with Crippen molar-refractivity contribution >= 4 is 5.95 Å². The topological polar surface area (TPSA) is 59.5 Å². The average molecular weight is 278 g/mol. The lowest BCUT2D eigenvalue weighted by atomic mass is 10.2. The number of nitrogens with one attached hydrogen (secondary N) is 1. The van der Waals surface area contributed by atoms with Crippen LogP contribution in [0.4, 0.5) is 5.95 Å². The Balaban J connectivity index is 1.45. The molecule has 2 aliphatic rings. The summed E-state index contributed by atoms with van der Waals surface area (Å²) in [5.41, 5.74) is 1.11. The third-order valence-electron chi connectivity index (χ3n) is 3.71. The number of rotatable bonds is 5. The van der Waals surface area contributed by atoms with Crippen molar-refractivity contribution < 1.29 is 9.47 Å². The van der Waals surface area contributed by atoms with Crippen molar-refractivity contribution in [3.05, 3.63) is 18.0 Å². The number of morpholine rings is 1. The molecule has 1 aromatic rings. The fraction of sp³-hybridized carbons (Fsp3) is 0.714. The van der Waals surface area contributed by atoms with Crippen molar-refractivity contribution in [2.45, 2.75) is 25.5 Å². The molecule has 2 aliphatic heterocycles. The van der Waals surface area contributed by atoms with E-state index in [4.69, 9.17) is 9.47 Å². The molecule has 1 N–H and O–H groups in total. The maximum Gasteiger partial charge on any atom is 0.225 e. The molecule has 2 saturated heterocycles. The van der Waals surface area contributed by atoms with E-state index in [0.717, 1.165) is 57.5 Å². The molecule has 110 valence electrons. The summed E-state index contributed by atoms with van der Waals surface area (Å²) >= 11 is 0. The molecule has 0 spiro atoms. The van der Waals surface area contributed by atoms with Gasteiger partial charge in [0.05, 0.1) is 19.3 Å². The van der Waals surface area contributed by atoms with Gasteiger partial charge in [0.25, 0.3) is 0 Å². The fourth-order valence-electron chi connectivity index (χ4n) is 2.55. The van der Waals surface area contributed by atoms with Gasteiger partial charge in [-0.05, 0) is 12.8 Å². The summed E-state index contributed by atoms with van der Waals surface area (Å²) in [6, 6.07) is 0. The van der Waals surface area contributed by atoms with Gasteiger partial charge in [-0.3, -0.25) is 0 Å². The second-order valence-electron chi connectivity index (χ2n) is 5.26. The zero-order valence-corrected chi connectivity index (χ0v) is 11.8. The van der Waals surface area contributed by atoms with E-state index in [2.05, 4.69) is 20.2 Å². The van der Waals surface area contributed by atoms with Gasteiger partial charge < -0.3 is 19.7 Å². The predicted molar refractivity (Wildman–Crippen MR) is 75.7 cm³/mol. The monoisotopic (exact) mass is 278 g/mol. The molecule has 0 amide bonds. The van der Waals surface area contributed by atoms with Crippen LogP contribution in [0.25, 0.3) is 0 Å². The SMILES string of the molecule is c1nc(N2CCOCC2)ncc1CNCC1CCCO1. The Labute approximate surface area is 119 Å². The standard InChI is InChI=1S/C14H22N4O2/c1-2-13(20-5-1)11-15-8-12-9-16-14(17-10-12)18-3-6-19-7-4-18/h9-10,13,15H,1-8,11H2.